The Labute approximate surface area is 185 Å². The lowest BCUT2D eigenvalue weighted by Gasteiger charge is -2.33. The smallest absolute Gasteiger partial charge is 0.000776 e. The van der Waals surface area contributed by atoms with Gasteiger partial charge in [0.2, 0.25) is 0 Å². The van der Waals surface area contributed by atoms with Crippen molar-refractivity contribution in [3.05, 3.63) is 66.8 Å². The minimum Gasteiger partial charge on any atom is -0.0440 e. The van der Waals surface area contributed by atoms with Crippen LogP contribution in [-0.4, -0.2) is 0 Å². The van der Waals surface area contributed by atoms with E-state index in [4.69, 9.17) is 0 Å². The van der Waals surface area contributed by atoms with Crippen molar-refractivity contribution in [3.8, 4) is 0 Å². The normalized spacial score (nSPS) is 13.4. The van der Waals surface area contributed by atoms with E-state index in [0.717, 1.165) is 6.42 Å². The highest BCUT2D eigenvalue weighted by Gasteiger charge is 2.31. The minimum absolute atomic E-state index is 1.14. The van der Waals surface area contributed by atoms with Gasteiger partial charge in [0.1, 0.15) is 0 Å². The second kappa shape index (κ2) is 5.60. The Morgan fingerprint density at radius 1 is 0.258 bits per heavy atom. The average molecular weight is 405 g/mol. The van der Waals surface area contributed by atoms with E-state index >= 15 is 0 Å². The Hall–Kier alpha value is -2.60. The molecule has 0 atom stereocenters. The molecular weight excluding hydrogens is 372 g/mol. The summed E-state index contributed by atoms with van der Waals surface area (Å²) in [6.45, 7) is 23.5. The zero-order valence-corrected chi connectivity index (χ0v) is 20.7. The van der Waals surface area contributed by atoms with E-state index in [0.29, 0.717) is 0 Å². The highest BCUT2D eigenvalue weighted by Crippen LogP contribution is 2.53. The summed E-state index contributed by atoms with van der Waals surface area (Å²) in [4.78, 5) is 0. The molecule has 0 radical (unpaired) electrons. The number of benzene rings is 5. The maximum atomic E-state index is 2.37. The zero-order chi connectivity index (χ0) is 22.3. The van der Waals surface area contributed by atoms with Gasteiger partial charge in [-0.15, -0.1) is 0 Å². The van der Waals surface area contributed by atoms with Gasteiger partial charge in [0.25, 0.3) is 0 Å². The number of rotatable bonds is 0. The fraction of sp³-hybridized carbons (Fsp3) is 0.355. The van der Waals surface area contributed by atoms with Crippen molar-refractivity contribution in [2.75, 3.05) is 0 Å². The Kier molecular flexibility index (Phi) is 3.45. The molecule has 6 rings (SSSR count). The molecule has 1 aliphatic rings. The van der Waals surface area contributed by atoms with E-state index in [1.165, 1.54) is 88.0 Å². The highest BCUT2D eigenvalue weighted by atomic mass is 14.3. The van der Waals surface area contributed by atoms with E-state index in [2.05, 4.69) is 69.2 Å². The topological polar surface area (TPSA) is 0 Å². The summed E-state index contributed by atoms with van der Waals surface area (Å²) in [7, 11) is 0. The van der Waals surface area contributed by atoms with Gasteiger partial charge in [-0.05, 0) is 186 Å². The molecule has 0 spiro atoms. The molecule has 5 aromatic carbocycles. The molecule has 0 fully saturated rings. The fourth-order valence-corrected chi connectivity index (χ4v) is 6.92. The first-order valence-electron chi connectivity index (χ1n) is 11.7. The van der Waals surface area contributed by atoms with Gasteiger partial charge in [-0.3, -0.25) is 0 Å². The Morgan fingerprint density at radius 2 is 0.548 bits per heavy atom. The predicted octanol–water partition coefficient (Wildman–Crippen LogP) is 8.73. The first-order valence-corrected chi connectivity index (χ1v) is 11.7. The van der Waals surface area contributed by atoms with Gasteiger partial charge in [-0.1, -0.05) is 0 Å². The van der Waals surface area contributed by atoms with Crippen molar-refractivity contribution < 1.29 is 0 Å². The van der Waals surface area contributed by atoms with E-state index in [9.17, 15) is 0 Å². The molecule has 156 valence electrons. The quantitative estimate of drug-likeness (QED) is 0.175. The van der Waals surface area contributed by atoms with Gasteiger partial charge < -0.3 is 0 Å². The molecule has 0 bridgehead atoms. The summed E-state index contributed by atoms with van der Waals surface area (Å²) < 4.78 is 0. The lowest BCUT2D eigenvalue weighted by Crippen LogP contribution is -2.13. The molecule has 5 aromatic rings. The molecule has 0 heteroatoms. The largest absolute Gasteiger partial charge is 0.0440 e. The second-order valence-corrected chi connectivity index (χ2v) is 10.4. The summed E-state index contributed by atoms with van der Waals surface area (Å²) in [5.41, 5.74) is 18.0. The molecule has 0 aromatic heterocycles. The molecule has 1 aliphatic carbocycles. The van der Waals surface area contributed by atoms with E-state index in [1.807, 2.05) is 0 Å². The van der Waals surface area contributed by atoms with Crippen molar-refractivity contribution >= 4 is 43.1 Å². The van der Waals surface area contributed by atoms with Crippen LogP contribution in [0.5, 0.6) is 0 Å². The summed E-state index contributed by atoms with van der Waals surface area (Å²) >= 11 is 0. The fourth-order valence-electron chi connectivity index (χ4n) is 6.92. The van der Waals surface area contributed by atoms with Crippen LogP contribution in [0.2, 0.25) is 0 Å². The molecular formula is C31H32. The summed E-state index contributed by atoms with van der Waals surface area (Å²) in [6, 6.07) is 0. The molecule has 0 saturated carbocycles. The van der Waals surface area contributed by atoms with Gasteiger partial charge >= 0.3 is 0 Å². The van der Waals surface area contributed by atoms with Gasteiger partial charge in [0.05, 0.1) is 0 Å². The molecule has 0 nitrogen and oxygen atoms in total. The maximum absolute atomic E-state index is 2.37. The lowest BCUT2D eigenvalue weighted by molar-refractivity contribution is 1.08. The van der Waals surface area contributed by atoms with E-state index in [1.54, 1.807) is 21.9 Å². The van der Waals surface area contributed by atoms with Crippen molar-refractivity contribution in [1.29, 1.82) is 0 Å². The van der Waals surface area contributed by atoms with Gasteiger partial charge in [0.15, 0.2) is 0 Å². The van der Waals surface area contributed by atoms with Crippen LogP contribution in [0.3, 0.4) is 0 Å². The average Bonchev–Trinajstić information content (AvgIpc) is 2.71. The second-order valence-electron chi connectivity index (χ2n) is 10.4. The third kappa shape index (κ3) is 1.86. The summed E-state index contributed by atoms with van der Waals surface area (Å²) in [5.74, 6) is 0. The van der Waals surface area contributed by atoms with Gasteiger partial charge in [0, 0.05) is 0 Å². The SMILES string of the molecule is Cc1c(C)c2c(C)c(C)c(C)c3c4c(C)c(C)c5c6c(c(C)c(C)c(c(c1C)c23)c64)C5. The third-order valence-electron chi connectivity index (χ3n) is 9.49. The summed E-state index contributed by atoms with van der Waals surface area (Å²) in [6.07, 6.45) is 1.14. The third-order valence-corrected chi connectivity index (χ3v) is 9.49. The maximum Gasteiger partial charge on any atom is -0.000776 e. The van der Waals surface area contributed by atoms with Crippen LogP contribution in [0.1, 0.15) is 66.8 Å². The Balaban J connectivity index is 2.19. The van der Waals surface area contributed by atoms with Crippen molar-refractivity contribution in [2.45, 2.75) is 75.7 Å². The van der Waals surface area contributed by atoms with Gasteiger partial charge in [-0.2, -0.15) is 0 Å². The van der Waals surface area contributed by atoms with Crippen LogP contribution in [0.15, 0.2) is 0 Å². The van der Waals surface area contributed by atoms with Crippen molar-refractivity contribution in [3.63, 3.8) is 0 Å². The zero-order valence-electron chi connectivity index (χ0n) is 20.7. The summed E-state index contributed by atoms with van der Waals surface area (Å²) in [5, 5.41) is 12.2. The number of aryl methyl sites for hydroxylation is 6. The van der Waals surface area contributed by atoms with Crippen LogP contribution in [-0.2, 0) is 6.42 Å². The standard InChI is InChI=1S/C31H32/c1-12-16(5)24-17(6)13(2)19(8)26-28-21(10)15(4)23-11-22-14(3)20(9)27(31(28)29(22)23)25(18(12)7)30(24)26/h11H2,1-10H3. The van der Waals surface area contributed by atoms with Crippen molar-refractivity contribution in [1.82, 2.24) is 0 Å². The van der Waals surface area contributed by atoms with Crippen LogP contribution in [0.25, 0.3) is 43.1 Å². The molecule has 0 amide bonds. The molecule has 0 N–H and O–H groups in total. The molecule has 0 aliphatic heterocycles. The van der Waals surface area contributed by atoms with E-state index in [-0.39, 0.29) is 0 Å². The van der Waals surface area contributed by atoms with Crippen LogP contribution in [0.4, 0.5) is 0 Å². The highest BCUT2D eigenvalue weighted by molar-refractivity contribution is 6.37. The molecule has 0 saturated heterocycles. The first kappa shape index (κ1) is 19.1. The van der Waals surface area contributed by atoms with Crippen LogP contribution in [0, 0.1) is 69.2 Å². The first-order chi connectivity index (χ1) is 14.6. The molecule has 31 heavy (non-hydrogen) atoms. The van der Waals surface area contributed by atoms with Crippen molar-refractivity contribution in [2.24, 2.45) is 0 Å². The van der Waals surface area contributed by atoms with Crippen LogP contribution >= 0.6 is 0 Å². The Morgan fingerprint density at radius 3 is 0.935 bits per heavy atom. The molecule has 0 heterocycles. The lowest BCUT2D eigenvalue weighted by atomic mass is 9.70. The number of fused-ring (bicyclic) bond motifs is 2. The van der Waals surface area contributed by atoms with Gasteiger partial charge in [-0.25, -0.2) is 0 Å². The minimum atomic E-state index is 1.14. The number of hydrogen-bond donors (Lipinski definition) is 0. The van der Waals surface area contributed by atoms with Crippen LogP contribution < -0.4 is 0 Å². The molecule has 0 unspecified atom stereocenters. The number of hydrogen-bond acceptors (Lipinski definition) is 0. The predicted molar refractivity (Wildman–Crippen MR) is 138 cm³/mol. The monoisotopic (exact) mass is 404 g/mol. The van der Waals surface area contributed by atoms with E-state index < -0.39 is 0 Å². The Bertz CT molecular complexity index is 1560.